The number of nitrogens with zero attached hydrogens (tertiary/aromatic N) is 2. The van der Waals surface area contributed by atoms with Crippen LogP contribution in [0.25, 0.3) is 0 Å². The monoisotopic (exact) mass is 389 g/mol. The summed E-state index contributed by atoms with van der Waals surface area (Å²) in [6, 6.07) is 3.21. The first-order valence-electron chi connectivity index (χ1n) is 4.76. The van der Waals surface area contributed by atoms with Crippen LogP contribution in [0.15, 0.2) is 33.5 Å². The summed E-state index contributed by atoms with van der Waals surface area (Å²) in [5.74, 6) is -0.206. The Morgan fingerprint density at radius 3 is 2.61 bits per heavy atom. The third kappa shape index (κ3) is 2.71. The second kappa shape index (κ2) is 5.34. The second-order valence-corrected chi connectivity index (χ2v) is 5.61. The number of ketones is 1. The van der Waals surface area contributed by atoms with E-state index in [9.17, 15) is 4.79 Å². The SMILES string of the molecule is Nc1ncc(Cl)cc1C(=O)c1ncc(Br)cc1Br. The van der Waals surface area contributed by atoms with E-state index < -0.39 is 0 Å². The van der Waals surface area contributed by atoms with E-state index in [0.717, 1.165) is 4.47 Å². The van der Waals surface area contributed by atoms with Gasteiger partial charge in [0.15, 0.2) is 0 Å². The standard InChI is InChI=1S/C11H6Br2ClN3O/c12-5-1-8(13)9(16-3-5)10(18)7-2-6(14)4-17-11(7)15/h1-4H,(H2,15,17). The van der Waals surface area contributed by atoms with E-state index in [-0.39, 0.29) is 22.9 Å². The molecular formula is C11H6Br2ClN3O. The van der Waals surface area contributed by atoms with Gasteiger partial charge in [-0.25, -0.2) is 4.98 Å². The third-order valence-electron chi connectivity index (χ3n) is 2.15. The van der Waals surface area contributed by atoms with E-state index in [1.807, 2.05) is 0 Å². The number of nitrogen functional groups attached to an aromatic ring is 1. The lowest BCUT2D eigenvalue weighted by Gasteiger charge is -2.06. The molecule has 0 saturated carbocycles. The quantitative estimate of drug-likeness (QED) is 0.796. The van der Waals surface area contributed by atoms with Crippen molar-refractivity contribution >= 4 is 55.1 Å². The normalized spacial score (nSPS) is 10.4. The van der Waals surface area contributed by atoms with E-state index in [4.69, 9.17) is 17.3 Å². The zero-order chi connectivity index (χ0) is 13.3. The fourth-order valence-electron chi connectivity index (χ4n) is 1.34. The number of carbonyl (C=O) groups excluding carboxylic acids is 1. The van der Waals surface area contributed by atoms with Crippen LogP contribution in [0.2, 0.25) is 5.02 Å². The molecular weight excluding hydrogens is 385 g/mol. The number of anilines is 1. The molecule has 0 spiro atoms. The Hall–Kier alpha value is -0.980. The largest absolute Gasteiger partial charge is 0.383 e. The summed E-state index contributed by atoms with van der Waals surface area (Å²) in [5, 5.41) is 0.348. The van der Waals surface area contributed by atoms with Gasteiger partial charge in [-0.1, -0.05) is 11.6 Å². The van der Waals surface area contributed by atoms with Crippen LogP contribution in [0, 0.1) is 0 Å². The van der Waals surface area contributed by atoms with Crippen LogP contribution in [-0.2, 0) is 0 Å². The Morgan fingerprint density at radius 2 is 1.94 bits per heavy atom. The van der Waals surface area contributed by atoms with Gasteiger partial charge in [0.05, 0.1) is 10.6 Å². The van der Waals surface area contributed by atoms with Gasteiger partial charge in [0.1, 0.15) is 11.5 Å². The summed E-state index contributed by atoms with van der Waals surface area (Å²) in [5.41, 5.74) is 6.16. The van der Waals surface area contributed by atoms with Gasteiger partial charge in [0.25, 0.3) is 0 Å². The molecule has 92 valence electrons. The van der Waals surface area contributed by atoms with Gasteiger partial charge in [-0.2, -0.15) is 0 Å². The molecule has 18 heavy (non-hydrogen) atoms. The molecule has 0 radical (unpaired) electrons. The second-order valence-electron chi connectivity index (χ2n) is 3.40. The van der Waals surface area contributed by atoms with Crippen molar-refractivity contribution < 1.29 is 4.79 Å². The van der Waals surface area contributed by atoms with Crippen LogP contribution in [-0.4, -0.2) is 15.8 Å². The minimum Gasteiger partial charge on any atom is -0.383 e. The number of halogens is 3. The van der Waals surface area contributed by atoms with E-state index in [1.165, 1.54) is 18.5 Å². The summed E-state index contributed by atoms with van der Waals surface area (Å²) in [4.78, 5) is 20.2. The third-order valence-corrected chi connectivity index (χ3v) is 3.40. The Bertz CT molecular complexity index is 634. The first-order chi connectivity index (χ1) is 8.49. The van der Waals surface area contributed by atoms with Gasteiger partial charge < -0.3 is 5.73 Å². The molecule has 0 bridgehead atoms. The maximum absolute atomic E-state index is 12.3. The first-order valence-corrected chi connectivity index (χ1v) is 6.72. The van der Waals surface area contributed by atoms with Gasteiger partial charge in [-0.3, -0.25) is 9.78 Å². The molecule has 0 aliphatic heterocycles. The summed E-state index contributed by atoms with van der Waals surface area (Å²) in [6.07, 6.45) is 2.92. The number of hydrogen-bond acceptors (Lipinski definition) is 4. The zero-order valence-electron chi connectivity index (χ0n) is 8.82. The molecule has 4 nitrogen and oxygen atoms in total. The lowest BCUT2D eigenvalue weighted by atomic mass is 10.1. The first kappa shape index (κ1) is 13.5. The van der Waals surface area contributed by atoms with Crippen LogP contribution in [0.3, 0.4) is 0 Å². The topological polar surface area (TPSA) is 68.9 Å². The maximum Gasteiger partial charge on any atom is 0.216 e. The van der Waals surface area contributed by atoms with Crippen molar-refractivity contribution in [1.82, 2.24) is 9.97 Å². The summed E-state index contributed by atoms with van der Waals surface area (Å²) >= 11 is 12.3. The van der Waals surface area contributed by atoms with E-state index >= 15 is 0 Å². The fourth-order valence-corrected chi connectivity index (χ4v) is 2.67. The predicted octanol–water partition coefficient (Wildman–Crippen LogP) is 3.47. The molecule has 2 aromatic heterocycles. The molecule has 0 aromatic carbocycles. The molecule has 0 unspecified atom stereocenters. The number of aromatic nitrogens is 2. The average molecular weight is 391 g/mol. The molecule has 0 atom stereocenters. The highest BCUT2D eigenvalue weighted by atomic mass is 79.9. The van der Waals surface area contributed by atoms with Crippen molar-refractivity contribution in [3.63, 3.8) is 0 Å². The number of nitrogens with two attached hydrogens (primary N) is 1. The van der Waals surface area contributed by atoms with Crippen molar-refractivity contribution in [2.75, 3.05) is 5.73 Å². The molecule has 0 amide bonds. The van der Waals surface area contributed by atoms with E-state index in [0.29, 0.717) is 9.50 Å². The van der Waals surface area contributed by atoms with Gasteiger partial charge in [0, 0.05) is 21.3 Å². The zero-order valence-corrected chi connectivity index (χ0v) is 12.8. The highest BCUT2D eigenvalue weighted by Crippen LogP contribution is 2.24. The van der Waals surface area contributed by atoms with Crippen LogP contribution in [0.1, 0.15) is 16.1 Å². The molecule has 0 aliphatic carbocycles. The van der Waals surface area contributed by atoms with Gasteiger partial charge in [-0.05, 0) is 44.0 Å². The molecule has 2 N–H and O–H groups in total. The Morgan fingerprint density at radius 1 is 1.22 bits per heavy atom. The maximum atomic E-state index is 12.3. The number of pyridine rings is 2. The highest BCUT2D eigenvalue weighted by Gasteiger charge is 2.18. The summed E-state index contributed by atoms with van der Waals surface area (Å²) < 4.78 is 1.34. The lowest BCUT2D eigenvalue weighted by molar-refractivity contribution is 0.103. The van der Waals surface area contributed by atoms with Crippen molar-refractivity contribution in [2.24, 2.45) is 0 Å². The number of hydrogen-bond donors (Lipinski definition) is 1. The minimum atomic E-state index is -0.332. The lowest BCUT2D eigenvalue weighted by Crippen LogP contribution is -2.09. The smallest absolute Gasteiger partial charge is 0.216 e. The molecule has 2 rings (SSSR count). The van der Waals surface area contributed by atoms with Crippen molar-refractivity contribution in [2.45, 2.75) is 0 Å². The van der Waals surface area contributed by atoms with Crippen LogP contribution >= 0.6 is 43.5 Å². The summed E-state index contributed by atoms with van der Waals surface area (Å²) in [6.45, 7) is 0. The molecule has 0 saturated heterocycles. The van der Waals surface area contributed by atoms with Crippen molar-refractivity contribution in [3.8, 4) is 0 Å². The van der Waals surface area contributed by atoms with Gasteiger partial charge in [-0.15, -0.1) is 0 Å². The molecule has 0 aliphatic rings. The van der Waals surface area contributed by atoms with E-state index in [1.54, 1.807) is 6.07 Å². The van der Waals surface area contributed by atoms with Gasteiger partial charge >= 0.3 is 0 Å². The van der Waals surface area contributed by atoms with E-state index in [2.05, 4.69) is 41.8 Å². The Kier molecular flexibility index (Phi) is 3.99. The fraction of sp³-hybridized carbons (Fsp3) is 0. The molecule has 2 aromatic rings. The number of rotatable bonds is 2. The predicted molar refractivity (Wildman–Crippen MR) is 76.7 cm³/mol. The average Bonchev–Trinajstić information content (AvgIpc) is 2.31. The van der Waals surface area contributed by atoms with Crippen molar-refractivity contribution in [3.05, 3.63) is 49.8 Å². The van der Waals surface area contributed by atoms with Crippen LogP contribution in [0.5, 0.6) is 0 Å². The number of carbonyl (C=O) groups is 1. The molecule has 0 fully saturated rings. The summed E-state index contributed by atoms with van der Waals surface area (Å²) in [7, 11) is 0. The minimum absolute atomic E-state index is 0.126. The van der Waals surface area contributed by atoms with Crippen LogP contribution < -0.4 is 5.73 Å². The molecule has 7 heteroatoms. The van der Waals surface area contributed by atoms with Gasteiger partial charge in [0.2, 0.25) is 5.78 Å². The Labute approximate surface area is 125 Å². The van der Waals surface area contributed by atoms with Crippen molar-refractivity contribution in [1.29, 1.82) is 0 Å². The van der Waals surface area contributed by atoms with Crippen LogP contribution in [0.4, 0.5) is 5.82 Å². The molecule has 2 heterocycles. The Balaban J connectivity index is 2.51. The highest BCUT2D eigenvalue weighted by molar-refractivity contribution is 9.11.